The van der Waals surface area contributed by atoms with E-state index in [2.05, 4.69) is 15.6 Å². The van der Waals surface area contributed by atoms with Crippen LogP contribution in [-0.4, -0.2) is 28.1 Å². The Balaban J connectivity index is 2.48. The van der Waals surface area contributed by atoms with E-state index < -0.39 is 5.97 Å². The highest BCUT2D eigenvalue weighted by molar-refractivity contribution is 5.89. The molecule has 1 heterocycles. The highest BCUT2D eigenvalue weighted by Gasteiger charge is 2.10. The van der Waals surface area contributed by atoms with Gasteiger partial charge >= 0.3 is 12.0 Å². The van der Waals surface area contributed by atoms with E-state index in [1.165, 1.54) is 0 Å². The number of carboxylic acids is 1. The summed E-state index contributed by atoms with van der Waals surface area (Å²) in [5, 5.41) is 13.9. The van der Waals surface area contributed by atoms with Crippen LogP contribution in [0.5, 0.6) is 0 Å². The van der Waals surface area contributed by atoms with Crippen LogP contribution >= 0.6 is 0 Å². The molecule has 104 valence electrons. The van der Waals surface area contributed by atoms with Crippen LogP contribution in [0.1, 0.15) is 31.2 Å². The van der Waals surface area contributed by atoms with Gasteiger partial charge in [0.05, 0.1) is 11.4 Å². The molecule has 0 saturated carbocycles. The molecule has 0 aliphatic rings. The van der Waals surface area contributed by atoms with Crippen molar-refractivity contribution in [3.05, 3.63) is 23.5 Å². The number of pyridine rings is 1. The van der Waals surface area contributed by atoms with Gasteiger partial charge in [0.25, 0.3) is 0 Å². The second kappa shape index (κ2) is 6.72. The Kier molecular flexibility index (Phi) is 5.29. The summed E-state index contributed by atoms with van der Waals surface area (Å²) < 4.78 is 0. The zero-order valence-corrected chi connectivity index (χ0v) is 11.4. The van der Waals surface area contributed by atoms with Crippen molar-refractivity contribution in [2.24, 2.45) is 0 Å². The summed E-state index contributed by atoms with van der Waals surface area (Å²) in [6, 6.07) is 3.05. The van der Waals surface area contributed by atoms with Crippen LogP contribution in [0, 0.1) is 13.8 Å². The summed E-state index contributed by atoms with van der Waals surface area (Å²) in [5.74, 6) is -0.868. The number of amides is 2. The monoisotopic (exact) mass is 265 g/mol. The largest absolute Gasteiger partial charge is 0.481 e. The summed E-state index contributed by atoms with van der Waals surface area (Å²) in [6.45, 7) is 5.46. The number of carboxylic acid groups (broad SMARTS) is 1. The molecule has 0 radical (unpaired) electrons. The van der Waals surface area contributed by atoms with Gasteiger partial charge in [-0.2, -0.15) is 0 Å². The molecular weight excluding hydrogens is 246 g/mol. The van der Waals surface area contributed by atoms with Crippen molar-refractivity contribution in [3.63, 3.8) is 0 Å². The topological polar surface area (TPSA) is 91.3 Å². The van der Waals surface area contributed by atoms with Gasteiger partial charge in [-0.3, -0.25) is 9.78 Å². The molecule has 6 nitrogen and oxygen atoms in total. The third-order valence-corrected chi connectivity index (χ3v) is 2.64. The van der Waals surface area contributed by atoms with Crippen LogP contribution in [0.15, 0.2) is 12.1 Å². The lowest BCUT2D eigenvalue weighted by molar-refractivity contribution is -0.137. The lowest BCUT2D eigenvalue weighted by Gasteiger charge is -2.14. The number of aliphatic carboxylic acids is 1. The molecule has 6 heteroatoms. The number of hydrogen-bond donors (Lipinski definition) is 3. The van der Waals surface area contributed by atoms with Crippen LogP contribution in [-0.2, 0) is 4.79 Å². The molecule has 0 aliphatic heterocycles. The summed E-state index contributed by atoms with van der Waals surface area (Å²) >= 11 is 0. The molecule has 0 saturated heterocycles. The fourth-order valence-corrected chi connectivity index (χ4v) is 1.61. The van der Waals surface area contributed by atoms with Gasteiger partial charge in [-0.1, -0.05) is 0 Å². The van der Waals surface area contributed by atoms with Crippen LogP contribution in [0.25, 0.3) is 0 Å². The minimum atomic E-state index is -0.868. The van der Waals surface area contributed by atoms with Gasteiger partial charge in [-0.15, -0.1) is 0 Å². The standard InChI is InChI=1S/C13H19N3O3/c1-8-4-6-11(10(3)14-8)16-13(19)15-9(2)5-7-12(17)18/h4,6,9H,5,7H2,1-3H3,(H,17,18)(H2,15,16,19). The van der Waals surface area contributed by atoms with Crippen molar-refractivity contribution in [1.29, 1.82) is 0 Å². The number of carbonyl (C=O) groups excluding carboxylic acids is 1. The molecule has 1 aromatic heterocycles. The fraction of sp³-hybridized carbons (Fsp3) is 0.462. The van der Waals surface area contributed by atoms with E-state index in [1.54, 1.807) is 13.0 Å². The Labute approximate surface area is 112 Å². The first-order valence-corrected chi connectivity index (χ1v) is 6.12. The maximum Gasteiger partial charge on any atom is 0.319 e. The number of nitrogens with one attached hydrogen (secondary N) is 2. The first-order valence-electron chi connectivity index (χ1n) is 6.12. The first kappa shape index (κ1) is 14.9. The third-order valence-electron chi connectivity index (χ3n) is 2.64. The van der Waals surface area contributed by atoms with Crippen molar-refractivity contribution in [2.45, 2.75) is 39.7 Å². The minimum absolute atomic E-state index is 0.0343. The van der Waals surface area contributed by atoms with Crippen molar-refractivity contribution in [3.8, 4) is 0 Å². The SMILES string of the molecule is Cc1ccc(NC(=O)NC(C)CCC(=O)O)c(C)n1. The quantitative estimate of drug-likeness (QED) is 0.760. The number of aromatic nitrogens is 1. The average Bonchev–Trinajstić information content (AvgIpc) is 2.30. The molecule has 0 bridgehead atoms. The van der Waals surface area contributed by atoms with E-state index >= 15 is 0 Å². The van der Waals surface area contributed by atoms with Gasteiger partial charge in [0.1, 0.15) is 0 Å². The number of anilines is 1. The van der Waals surface area contributed by atoms with Crippen molar-refractivity contribution in [2.75, 3.05) is 5.32 Å². The summed E-state index contributed by atoms with van der Waals surface area (Å²) in [4.78, 5) is 26.4. The number of aryl methyl sites for hydroxylation is 2. The Morgan fingerprint density at radius 2 is 2.05 bits per heavy atom. The molecule has 1 aromatic rings. The van der Waals surface area contributed by atoms with Gasteiger partial charge in [0.15, 0.2) is 0 Å². The second-order valence-electron chi connectivity index (χ2n) is 4.52. The van der Waals surface area contributed by atoms with E-state index in [9.17, 15) is 9.59 Å². The van der Waals surface area contributed by atoms with E-state index in [0.717, 1.165) is 11.4 Å². The molecule has 0 spiro atoms. The van der Waals surface area contributed by atoms with Gasteiger partial charge < -0.3 is 15.7 Å². The van der Waals surface area contributed by atoms with E-state index in [-0.39, 0.29) is 18.5 Å². The van der Waals surface area contributed by atoms with E-state index in [0.29, 0.717) is 12.1 Å². The Hall–Kier alpha value is -2.11. The molecule has 2 amide bonds. The van der Waals surface area contributed by atoms with Crippen LogP contribution < -0.4 is 10.6 Å². The molecular formula is C13H19N3O3. The Bertz CT molecular complexity index is 474. The maximum absolute atomic E-state index is 11.7. The normalized spacial score (nSPS) is 11.7. The Morgan fingerprint density at radius 3 is 2.63 bits per heavy atom. The number of rotatable bonds is 5. The zero-order chi connectivity index (χ0) is 14.4. The summed E-state index contributed by atoms with van der Waals surface area (Å²) in [7, 11) is 0. The predicted molar refractivity (Wildman–Crippen MR) is 72.2 cm³/mol. The average molecular weight is 265 g/mol. The first-order chi connectivity index (χ1) is 8.88. The molecule has 3 N–H and O–H groups in total. The van der Waals surface area contributed by atoms with Crippen molar-refractivity contribution >= 4 is 17.7 Å². The molecule has 19 heavy (non-hydrogen) atoms. The van der Waals surface area contributed by atoms with E-state index in [4.69, 9.17) is 5.11 Å². The minimum Gasteiger partial charge on any atom is -0.481 e. The number of nitrogens with zero attached hydrogens (tertiary/aromatic N) is 1. The van der Waals surface area contributed by atoms with E-state index in [1.807, 2.05) is 19.9 Å². The molecule has 1 unspecified atom stereocenters. The van der Waals surface area contributed by atoms with Crippen LogP contribution in [0.4, 0.5) is 10.5 Å². The van der Waals surface area contributed by atoms with Crippen LogP contribution in [0.3, 0.4) is 0 Å². The van der Waals surface area contributed by atoms with Gasteiger partial charge in [0, 0.05) is 18.2 Å². The molecule has 0 aliphatic carbocycles. The van der Waals surface area contributed by atoms with Crippen molar-refractivity contribution in [1.82, 2.24) is 10.3 Å². The maximum atomic E-state index is 11.7. The molecule has 1 rings (SSSR count). The summed E-state index contributed by atoms with van der Waals surface area (Å²) in [5.41, 5.74) is 2.28. The highest BCUT2D eigenvalue weighted by atomic mass is 16.4. The predicted octanol–water partition coefficient (Wildman–Crippen LogP) is 2.07. The Morgan fingerprint density at radius 1 is 1.37 bits per heavy atom. The highest BCUT2D eigenvalue weighted by Crippen LogP contribution is 2.12. The second-order valence-corrected chi connectivity index (χ2v) is 4.52. The molecule has 0 fully saturated rings. The number of hydrogen-bond acceptors (Lipinski definition) is 3. The number of carbonyl (C=O) groups is 2. The third kappa shape index (κ3) is 5.37. The number of urea groups is 1. The van der Waals surface area contributed by atoms with Gasteiger partial charge in [-0.25, -0.2) is 4.79 Å². The van der Waals surface area contributed by atoms with Gasteiger partial charge in [0.2, 0.25) is 0 Å². The molecule has 0 aromatic carbocycles. The van der Waals surface area contributed by atoms with Crippen LogP contribution in [0.2, 0.25) is 0 Å². The fourth-order valence-electron chi connectivity index (χ4n) is 1.61. The lowest BCUT2D eigenvalue weighted by atomic mass is 10.2. The summed E-state index contributed by atoms with van der Waals surface area (Å²) in [6.07, 6.45) is 0.431. The smallest absolute Gasteiger partial charge is 0.319 e. The van der Waals surface area contributed by atoms with Crippen molar-refractivity contribution < 1.29 is 14.7 Å². The lowest BCUT2D eigenvalue weighted by Crippen LogP contribution is -2.36. The zero-order valence-electron chi connectivity index (χ0n) is 11.4. The van der Waals surface area contributed by atoms with Gasteiger partial charge in [-0.05, 0) is 39.3 Å². The molecule has 1 atom stereocenters.